The second-order valence-electron chi connectivity index (χ2n) is 2.25. The van der Waals surface area contributed by atoms with E-state index in [-0.39, 0.29) is 0 Å². The van der Waals surface area contributed by atoms with E-state index in [0.29, 0.717) is 13.2 Å². The molecular weight excluding hydrogens is 144 g/mol. The maximum atomic E-state index is 10.0. The zero-order valence-corrected chi connectivity index (χ0v) is 7.17. The first-order chi connectivity index (χ1) is 5.35. The molecule has 0 spiro atoms. The lowest BCUT2D eigenvalue weighted by Crippen LogP contribution is -2.34. The van der Waals surface area contributed by atoms with Crippen LogP contribution in [0, 0.1) is 0 Å². The molecule has 0 aromatic heterocycles. The maximum absolute atomic E-state index is 10.0. The highest BCUT2D eigenvalue weighted by Gasteiger charge is 2.05. The van der Waals surface area contributed by atoms with Crippen molar-refractivity contribution in [2.75, 3.05) is 40.4 Å². The molecule has 0 radical (unpaired) electrons. The van der Waals surface area contributed by atoms with Gasteiger partial charge in [0.15, 0.2) is 0 Å². The zero-order valence-electron chi connectivity index (χ0n) is 7.17. The number of amides is 1. The quantitative estimate of drug-likeness (QED) is 0.516. The monoisotopic (exact) mass is 160 g/mol. The molecule has 0 aromatic carbocycles. The highest BCUT2D eigenvalue weighted by Crippen LogP contribution is 1.90. The minimum Gasteiger partial charge on any atom is -0.378 e. The van der Waals surface area contributed by atoms with Crippen molar-refractivity contribution < 1.29 is 9.53 Å². The SMILES string of the molecule is CNC.O=CN1CCOCC1. The van der Waals surface area contributed by atoms with Crippen molar-refractivity contribution in [1.29, 1.82) is 0 Å². The zero-order chi connectivity index (χ0) is 8.53. The summed E-state index contributed by atoms with van der Waals surface area (Å²) >= 11 is 0. The Morgan fingerprint density at radius 2 is 1.82 bits per heavy atom. The molecule has 0 bridgehead atoms. The van der Waals surface area contributed by atoms with Gasteiger partial charge in [-0.05, 0) is 14.1 Å². The van der Waals surface area contributed by atoms with Crippen LogP contribution in [0.4, 0.5) is 0 Å². The Balaban J connectivity index is 0.000000292. The van der Waals surface area contributed by atoms with Gasteiger partial charge in [0.2, 0.25) is 6.41 Å². The summed E-state index contributed by atoms with van der Waals surface area (Å²) < 4.78 is 5.00. The van der Waals surface area contributed by atoms with Crippen LogP contribution in [0.25, 0.3) is 0 Å². The number of carbonyl (C=O) groups is 1. The van der Waals surface area contributed by atoms with Crippen LogP contribution in [0.1, 0.15) is 0 Å². The van der Waals surface area contributed by atoms with E-state index < -0.39 is 0 Å². The number of carbonyl (C=O) groups excluding carboxylic acids is 1. The molecule has 1 fully saturated rings. The summed E-state index contributed by atoms with van der Waals surface area (Å²) in [6, 6.07) is 0. The lowest BCUT2D eigenvalue weighted by molar-refractivity contribution is -0.121. The molecule has 0 saturated carbocycles. The van der Waals surface area contributed by atoms with E-state index in [1.807, 2.05) is 14.1 Å². The molecule has 1 amide bonds. The third-order valence-corrected chi connectivity index (χ3v) is 1.19. The summed E-state index contributed by atoms with van der Waals surface area (Å²) in [5.74, 6) is 0. The number of nitrogens with one attached hydrogen (secondary N) is 1. The molecule has 0 atom stereocenters. The average Bonchev–Trinajstić information content (AvgIpc) is 2.08. The molecule has 1 aliphatic rings. The van der Waals surface area contributed by atoms with Gasteiger partial charge in [0, 0.05) is 13.1 Å². The molecule has 0 unspecified atom stereocenters. The fraction of sp³-hybridized carbons (Fsp3) is 0.857. The predicted octanol–water partition coefficient (Wildman–Crippen LogP) is -0.689. The average molecular weight is 160 g/mol. The van der Waals surface area contributed by atoms with Crippen LogP contribution in [-0.4, -0.2) is 51.7 Å². The van der Waals surface area contributed by atoms with Crippen LogP contribution in [-0.2, 0) is 9.53 Å². The Bertz CT molecular complexity index is 92.4. The van der Waals surface area contributed by atoms with Gasteiger partial charge in [-0.15, -0.1) is 0 Å². The van der Waals surface area contributed by atoms with Gasteiger partial charge in [0.05, 0.1) is 13.2 Å². The van der Waals surface area contributed by atoms with E-state index >= 15 is 0 Å². The molecule has 1 aliphatic heterocycles. The lowest BCUT2D eigenvalue weighted by atomic mass is 10.5. The lowest BCUT2D eigenvalue weighted by Gasteiger charge is -2.21. The summed E-state index contributed by atoms with van der Waals surface area (Å²) in [5.41, 5.74) is 0. The predicted molar refractivity (Wildman–Crippen MR) is 43.4 cm³/mol. The fourth-order valence-electron chi connectivity index (χ4n) is 0.683. The van der Waals surface area contributed by atoms with Crippen LogP contribution in [0.5, 0.6) is 0 Å². The first kappa shape index (κ1) is 10.4. The molecule has 4 nitrogen and oxygen atoms in total. The summed E-state index contributed by atoms with van der Waals surface area (Å²) in [6.07, 6.45) is 0.864. The minimum absolute atomic E-state index is 0.693. The Morgan fingerprint density at radius 1 is 1.36 bits per heavy atom. The van der Waals surface area contributed by atoms with Crippen molar-refractivity contribution in [3.05, 3.63) is 0 Å². The topological polar surface area (TPSA) is 41.6 Å². The van der Waals surface area contributed by atoms with Crippen LogP contribution in [0.3, 0.4) is 0 Å². The van der Waals surface area contributed by atoms with E-state index in [2.05, 4.69) is 5.32 Å². The Labute approximate surface area is 67.5 Å². The van der Waals surface area contributed by atoms with Crippen molar-refractivity contribution in [3.8, 4) is 0 Å². The Hall–Kier alpha value is -0.610. The highest BCUT2D eigenvalue weighted by molar-refractivity contribution is 5.46. The largest absolute Gasteiger partial charge is 0.378 e. The van der Waals surface area contributed by atoms with Crippen molar-refractivity contribution in [1.82, 2.24) is 10.2 Å². The van der Waals surface area contributed by atoms with Gasteiger partial charge in [-0.1, -0.05) is 0 Å². The van der Waals surface area contributed by atoms with E-state index in [1.54, 1.807) is 4.90 Å². The molecule has 1 saturated heterocycles. The fourth-order valence-corrected chi connectivity index (χ4v) is 0.683. The number of hydrogen-bond acceptors (Lipinski definition) is 3. The first-order valence-electron chi connectivity index (χ1n) is 3.70. The molecule has 1 heterocycles. The van der Waals surface area contributed by atoms with Crippen LogP contribution in [0.2, 0.25) is 0 Å². The molecular formula is C7H16N2O2. The van der Waals surface area contributed by atoms with Crippen LogP contribution >= 0.6 is 0 Å². The molecule has 66 valence electrons. The minimum atomic E-state index is 0.693. The summed E-state index contributed by atoms with van der Waals surface area (Å²) in [4.78, 5) is 11.7. The summed E-state index contributed by atoms with van der Waals surface area (Å²) in [6.45, 7) is 2.89. The van der Waals surface area contributed by atoms with Crippen LogP contribution < -0.4 is 5.32 Å². The smallest absolute Gasteiger partial charge is 0.209 e. The van der Waals surface area contributed by atoms with E-state index in [4.69, 9.17) is 4.74 Å². The third kappa shape index (κ3) is 5.82. The molecule has 1 rings (SSSR count). The second-order valence-corrected chi connectivity index (χ2v) is 2.25. The first-order valence-corrected chi connectivity index (χ1v) is 3.70. The van der Waals surface area contributed by atoms with Gasteiger partial charge in [0.1, 0.15) is 0 Å². The van der Waals surface area contributed by atoms with Gasteiger partial charge in [0.25, 0.3) is 0 Å². The number of rotatable bonds is 1. The van der Waals surface area contributed by atoms with E-state index in [0.717, 1.165) is 19.5 Å². The van der Waals surface area contributed by atoms with E-state index in [9.17, 15) is 4.79 Å². The standard InChI is InChI=1S/C5H9NO2.C2H7N/c7-5-6-1-3-8-4-2-6;1-3-2/h5H,1-4H2;3H,1-2H3. The van der Waals surface area contributed by atoms with Gasteiger partial charge < -0.3 is 15.0 Å². The normalized spacial score (nSPS) is 16.7. The van der Waals surface area contributed by atoms with Gasteiger partial charge >= 0.3 is 0 Å². The maximum Gasteiger partial charge on any atom is 0.209 e. The number of hydrogen-bond donors (Lipinski definition) is 1. The van der Waals surface area contributed by atoms with Gasteiger partial charge in [-0.25, -0.2) is 0 Å². The van der Waals surface area contributed by atoms with Crippen molar-refractivity contribution in [2.45, 2.75) is 0 Å². The molecule has 1 N–H and O–H groups in total. The molecule has 0 aliphatic carbocycles. The van der Waals surface area contributed by atoms with Crippen molar-refractivity contribution >= 4 is 6.41 Å². The molecule has 0 aromatic rings. The number of morpholine rings is 1. The summed E-state index contributed by atoms with van der Waals surface area (Å²) in [5, 5.41) is 2.75. The van der Waals surface area contributed by atoms with E-state index in [1.165, 1.54) is 0 Å². The van der Waals surface area contributed by atoms with Gasteiger partial charge in [-0.3, -0.25) is 4.79 Å². The second kappa shape index (κ2) is 7.50. The number of ether oxygens (including phenoxy) is 1. The van der Waals surface area contributed by atoms with Crippen LogP contribution in [0.15, 0.2) is 0 Å². The van der Waals surface area contributed by atoms with Crippen molar-refractivity contribution in [2.24, 2.45) is 0 Å². The van der Waals surface area contributed by atoms with Gasteiger partial charge in [-0.2, -0.15) is 0 Å². The third-order valence-electron chi connectivity index (χ3n) is 1.19. The molecule has 11 heavy (non-hydrogen) atoms. The molecule has 4 heteroatoms. The Kier molecular flexibility index (Phi) is 7.08. The Morgan fingerprint density at radius 3 is 2.09 bits per heavy atom. The van der Waals surface area contributed by atoms with Crippen molar-refractivity contribution in [3.63, 3.8) is 0 Å². The summed E-state index contributed by atoms with van der Waals surface area (Å²) in [7, 11) is 3.75. The number of nitrogens with zero attached hydrogens (tertiary/aromatic N) is 1. The highest BCUT2D eigenvalue weighted by atomic mass is 16.5.